The van der Waals surface area contributed by atoms with Gasteiger partial charge in [-0.2, -0.15) is 0 Å². The molecule has 46 heavy (non-hydrogen) atoms. The molecule has 0 aromatic rings. The van der Waals surface area contributed by atoms with Crippen LogP contribution in [0.2, 0.25) is 0 Å². The van der Waals surface area contributed by atoms with Crippen LogP contribution in [0.15, 0.2) is 48.6 Å². The average Bonchev–Trinajstić information content (AvgIpc) is 3.02. The van der Waals surface area contributed by atoms with Gasteiger partial charge in [0.05, 0.1) is 6.61 Å². The van der Waals surface area contributed by atoms with Crippen LogP contribution < -0.4 is 0 Å². The van der Waals surface area contributed by atoms with Crippen molar-refractivity contribution in [2.24, 2.45) is 0 Å². The van der Waals surface area contributed by atoms with E-state index in [1.807, 2.05) is 6.08 Å². The van der Waals surface area contributed by atoms with E-state index < -0.39 is 32.5 Å². The lowest BCUT2D eigenvalue weighted by molar-refractivity contribution is -0.161. The summed E-state index contributed by atoms with van der Waals surface area (Å²) in [4.78, 5) is 42.4. The Kier molecular flexibility index (Phi) is 31.5. The number of esters is 2. The van der Waals surface area contributed by atoms with Crippen molar-refractivity contribution in [3.63, 3.8) is 0 Å². The first-order valence-corrected chi connectivity index (χ1v) is 19.5. The van der Waals surface area contributed by atoms with Crippen LogP contribution in [0, 0.1) is 0 Å². The molecular formula is C37H65O8P. The number of phosphoric ester groups is 1. The van der Waals surface area contributed by atoms with E-state index in [9.17, 15) is 14.2 Å². The summed E-state index contributed by atoms with van der Waals surface area (Å²) in [6.45, 7) is 3.56. The lowest BCUT2D eigenvalue weighted by Gasteiger charge is -2.18. The van der Waals surface area contributed by atoms with Crippen LogP contribution in [0.25, 0.3) is 0 Å². The van der Waals surface area contributed by atoms with E-state index in [1.165, 1.54) is 70.6 Å². The first kappa shape index (κ1) is 44.0. The molecule has 0 saturated carbocycles. The highest BCUT2D eigenvalue weighted by atomic mass is 31.2. The van der Waals surface area contributed by atoms with Crippen molar-refractivity contribution < 1.29 is 37.9 Å². The molecule has 0 fully saturated rings. The molecule has 9 heteroatoms. The number of allylic oxidation sites excluding steroid dienone is 8. The molecule has 0 heterocycles. The summed E-state index contributed by atoms with van der Waals surface area (Å²) >= 11 is 0. The first-order valence-electron chi connectivity index (χ1n) is 17.9. The van der Waals surface area contributed by atoms with E-state index in [1.54, 1.807) is 0 Å². The fourth-order valence-electron chi connectivity index (χ4n) is 4.66. The normalized spacial score (nSPS) is 13.0. The molecular weight excluding hydrogens is 603 g/mol. The minimum Gasteiger partial charge on any atom is -0.462 e. The van der Waals surface area contributed by atoms with Crippen LogP contribution in [-0.2, 0) is 28.2 Å². The maximum absolute atomic E-state index is 12.3. The number of phosphoric acid groups is 1. The van der Waals surface area contributed by atoms with Gasteiger partial charge in [0.15, 0.2) is 6.10 Å². The quantitative estimate of drug-likeness (QED) is 0.0315. The van der Waals surface area contributed by atoms with Gasteiger partial charge in [0.25, 0.3) is 0 Å². The summed E-state index contributed by atoms with van der Waals surface area (Å²) in [6.07, 6.45) is 38.7. The Morgan fingerprint density at radius 1 is 0.565 bits per heavy atom. The van der Waals surface area contributed by atoms with Crippen molar-refractivity contribution >= 4 is 19.8 Å². The van der Waals surface area contributed by atoms with Crippen LogP contribution in [0.1, 0.15) is 155 Å². The van der Waals surface area contributed by atoms with Gasteiger partial charge >= 0.3 is 19.8 Å². The number of carbonyl (C=O) groups is 2. The molecule has 0 aliphatic heterocycles. The van der Waals surface area contributed by atoms with E-state index in [4.69, 9.17) is 19.3 Å². The summed E-state index contributed by atoms with van der Waals surface area (Å²) in [5, 5.41) is 0. The third-order valence-electron chi connectivity index (χ3n) is 7.35. The summed E-state index contributed by atoms with van der Waals surface area (Å²) in [5.41, 5.74) is 0. The monoisotopic (exact) mass is 668 g/mol. The number of ether oxygens (including phenoxy) is 2. The number of carbonyl (C=O) groups excluding carboxylic acids is 2. The fourth-order valence-corrected chi connectivity index (χ4v) is 5.02. The van der Waals surface area contributed by atoms with Crippen LogP contribution >= 0.6 is 7.82 Å². The van der Waals surface area contributed by atoms with Gasteiger partial charge in [-0.1, -0.05) is 140 Å². The molecule has 0 saturated heterocycles. The molecule has 0 spiro atoms. The van der Waals surface area contributed by atoms with Crippen LogP contribution in [0.4, 0.5) is 0 Å². The van der Waals surface area contributed by atoms with Crippen molar-refractivity contribution in [2.75, 3.05) is 13.2 Å². The van der Waals surface area contributed by atoms with Crippen molar-refractivity contribution in [1.82, 2.24) is 0 Å². The molecule has 1 atom stereocenters. The number of unbranched alkanes of at least 4 members (excludes halogenated alkanes) is 14. The Bertz CT molecular complexity index is 890. The number of hydrogen-bond donors (Lipinski definition) is 2. The molecule has 0 aliphatic rings. The molecule has 0 radical (unpaired) electrons. The number of hydrogen-bond acceptors (Lipinski definition) is 6. The van der Waals surface area contributed by atoms with Gasteiger partial charge in [-0.3, -0.25) is 14.1 Å². The Hall–Kier alpha value is -1.99. The lowest BCUT2D eigenvalue weighted by atomic mass is 10.1. The highest BCUT2D eigenvalue weighted by Gasteiger charge is 2.22. The van der Waals surface area contributed by atoms with Gasteiger partial charge < -0.3 is 19.3 Å². The largest absolute Gasteiger partial charge is 0.469 e. The molecule has 0 rings (SSSR count). The van der Waals surface area contributed by atoms with Crippen LogP contribution in [0.3, 0.4) is 0 Å². The van der Waals surface area contributed by atoms with E-state index >= 15 is 0 Å². The topological polar surface area (TPSA) is 119 Å². The molecule has 0 aromatic carbocycles. The fraction of sp³-hybridized carbons (Fsp3) is 0.730. The Morgan fingerprint density at radius 2 is 1.00 bits per heavy atom. The van der Waals surface area contributed by atoms with E-state index in [0.717, 1.165) is 38.5 Å². The van der Waals surface area contributed by atoms with Gasteiger partial charge in [-0.25, -0.2) is 4.57 Å². The third kappa shape index (κ3) is 34.9. The molecule has 2 N–H and O–H groups in total. The smallest absolute Gasteiger partial charge is 0.462 e. The molecule has 0 aromatic heterocycles. The maximum atomic E-state index is 12.3. The standard InChI is InChI=1S/C37H65O8P/c1-3-5-7-9-11-12-13-14-15-16-17-18-19-20-21-22-23-24-26-28-30-32-37(39)45-35(34-44-46(40,41)42)33-43-36(38)31-29-27-25-10-8-6-4-2/h15-16,18-19,21-22,24,26,35H,3-14,17,20,23,25,27-34H2,1-2H3,(H2,40,41,42)/b16-15+,19-18+,22-21+,26-24+/t35-/m1/s1. The Labute approximate surface area is 280 Å². The average molecular weight is 669 g/mol. The highest BCUT2D eigenvalue weighted by molar-refractivity contribution is 7.46. The second-order valence-corrected chi connectivity index (χ2v) is 13.1. The minimum absolute atomic E-state index is 0.136. The summed E-state index contributed by atoms with van der Waals surface area (Å²) < 4.78 is 26.1. The molecule has 0 amide bonds. The van der Waals surface area contributed by atoms with Gasteiger partial charge in [0.2, 0.25) is 0 Å². The maximum Gasteiger partial charge on any atom is 0.469 e. The van der Waals surface area contributed by atoms with E-state index in [0.29, 0.717) is 19.3 Å². The Balaban J connectivity index is 4.05. The van der Waals surface area contributed by atoms with E-state index in [-0.39, 0.29) is 19.4 Å². The third-order valence-corrected chi connectivity index (χ3v) is 7.84. The molecule has 0 bridgehead atoms. The van der Waals surface area contributed by atoms with Gasteiger partial charge in [0, 0.05) is 12.8 Å². The minimum atomic E-state index is -4.76. The van der Waals surface area contributed by atoms with Crippen molar-refractivity contribution in [1.29, 1.82) is 0 Å². The van der Waals surface area contributed by atoms with Crippen molar-refractivity contribution in [2.45, 2.75) is 161 Å². The Morgan fingerprint density at radius 3 is 1.52 bits per heavy atom. The predicted molar refractivity (Wildman–Crippen MR) is 188 cm³/mol. The predicted octanol–water partition coefficient (Wildman–Crippen LogP) is 10.4. The first-order chi connectivity index (χ1) is 22.3. The summed E-state index contributed by atoms with van der Waals surface area (Å²) in [5.74, 6) is -0.960. The van der Waals surface area contributed by atoms with Crippen LogP contribution in [0.5, 0.6) is 0 Å². The SMILES string of the molecule is CCCCCCCCC/C=C/C/C=C/C/C=C/C/C=C/CCCC(=O)O[C@H](COC(=O)CCCCCCCCC)COP(=O)(O)O. The second-order valence-electron chi connectivity index (χ2n) is 11.8. The number of rotatable bonds is 32. The molecule has 266 valence electrons. The van der Waals surface area contributed by atoms with E-state index in [2.05, 4.69) is 60.9 Å². The van der Waals surface area contributed by atoms with Crippen molar-refractivity contribution in [3.8, 4) is 0 Å². The zero-order valence-electron chi connectivity index (χ0n) is 29.0. The molecule has 0 unspecified atom stereocenters. The van der Waals surface area contributed by atoms with Crippen molar-refractivity contribution in [3.05, 3.63) is 48.6 Å². The summed E-state index contributed by atoms with van der Waals surface area (Å²) in [7, 11) is -4.76. The van der Waals surface area contributed by atoms with Gasteiger partial charge in [0.1, 0.15) is 6.61 Å². The van der Waals surface area contributed by atoms with Crippen LogP contribution in [-0.4, -0.2) is 41.0 Å². The molecule has 8 nitrogen and oxygen atoms in total. The second kappa shape index (κ2) is 32.9. The van der Waals surface area contributed by atoms with Gasteiger partial charge in [-0.15, -0.1) is 0 Å². The zero-order valence-corrected chi connectivity index (χ0v) is 29.9. The molecule has 0 aliphatic carbocycles. The summed E-state index contributed by atoms with van der Waals surface area (Å²) in [6, 6.07) is 0. The zero-order chi connectivity index (χ0) is 34.0. The highest BCUT2D eigenvalue weighted by Crippen LogP contribution is 2.35. The lowest BCUT2D eigenvalue weighted by Crippen LogP contribution is -2.29. The van der Waals surface area contributed by atoms with Gasteiger partial charge in [-0.05, 0) is 51.4 Å².